The van der Waals surface area contributed by atoms with Crippen LogP contribution >= 0.6 is 12.4 Å². The lowest BCUT2D eigenvalue weighted by Crippen LogP contribution is -2.45. The maximum Gasteiger partial charge on any atom is 0.222 e. The predicted octanol–water partition coefficient (Wildman–Crippen LogP) is 1.34. The van der Waals surface area contributed by atoms with Crippen molar-refractivity contribution in [3.63, 3.8) is 0 Å². The summed E-state index contributed by atoms with van der Waals surface area (Å²) in [6.07, 6.45) is 5.11. The van der Waals surface area contributed by atoms with Crippen molar-refractivity contribution in [1.82, 2.24) is 4.90 Å². The van der Waals surface area contributed by atoms with Crippen LogP contribution in [0.25, 0.3) is 0 Å². The summed E-state index contributed by atoms with van der Waals surface area (Å²) in [6.45, 7) is 6.32. The number of nitrogens with zero attached hydrogens (tertiary/aromatic N) is 1. The summed E-state index contributed by atoms with van der Waals surface area (Å²) in [7, 11) is 0. The average molecular weight is 263 g/mol. The Balaban J connectivity index is 0.00000256. The molecule has 1 rings (SSSR count). The molecule has 1 saturated heterocycles. The number of nitrogens with two attached hydrogens (primary N) is 1. The van der Waals surface area contributed by atoms with Crippen molar-refractivity contribution >= 4 is 18.3 Å². The third-order valence-electron chi connectivity index (χ3n) is 2.73. The quantitative estimate of drug-likeness (QED) is 0.581. The number of ether oxygens (including phenoxy) is 1. The van der Waals surface area contributed by atoms with Crippen LogP contribution in [0.2, 0.25) is 0 Å². The standard InChI is InChI=1S/C12H22N2O2.ClH/c1-2-8-16-9-4-6-12(15)14-7-3-5-11(13)10-14;/h2,11H,1,3-10,13H2;1H. The zero-order valence-electron chi connectivity index (χ0n) is 10.3. The van der Waals surface area contributed by atoms with Crippen LogP contribution in [0.5, 0.6) is 0 Å². The second-order valence-electron chi connectivity index (χ2n) is 4.21. The first-order valence-electron chi connectivity index (χ1n) is 5.96. The van der Waals surface area contributed by atoms with Crippen molar-refractivity contribution in [3.8, 4) is 0 Å². The number of rotatable bonds is 6. The van der Waals surface area contributed by atoms with Crippen molar-refractivity contribution in [2.75, 3.05) is 26.3 Å². The van der Waals surface area contributed by atoms with Gasteiger partial charge in [-0.2, -0.15) is 0 Å². The summed E-state index contributed by atoms with van der Waals surface area (Å²) in [5.41, 5.74) is 5.83. The van der Waals surface area contributed by atoms with Gasteiger partial charge in [-0.1, -0.05) is 6.08 Å². The summed E-state index contributed by atoms with van der Waals surface area (Å²) in [6, 6.07) is 0.162. The van der Waals surface area contributed by atoms with Gasteiger partial charge >= 0.3 is 0 Å². The summed E-state index contributed by atoms with van der Waals surface area (Å²) in [5, 5.41) is 0. The normalized spacial score (nSPS) is 19.6. The minimum atomic E-state index is 0. The average Bonchev–Trinajstić information content (AvgIpc) is 2.28. The molecule has 0 saturated carbocycles. The van der Waals surface area contributed by atoms with Gasteiger partial charge in [0, 0.05) is 32.2 Å². The van der Waals surface area contributed by atoms with E-state index in [1.165, 1.54) is 0 Å². The second-order valence-corrected chi connectivity index (χ2v) is 4.21. The smallest absolute Gasteiger partial charge is 0.222 e. The van der Waals surface area contributed by atoms with Gasteiger partial charge in [-0.05, 0) is 19.3 Å². The topological polar surface area (TPSA) is 55.6 Å². The van der Waals surface area contributed by atoms with E-state index >= 15 is 0 Å². The Bertz CT molecular complexity index is 237. The summed E-state index contributed by atoms with van der Waals surface area (Å²) in [4.78, 5) is 13.6. The van der Waals surface area contributed by atoms with E-state index < -0.39 is 0 Å². The highest BCUT2D eigenvalue weighted by molar-refractivity contribution is 5.85. The van der Waals surface area contributed by atoms with Crippen LogP contribution in [-0.2, 0) is 9.53 Å². The van der Waals surface area contributed by atoms with Crippen molar-refractivity contribution < 1.29 is 9.53 Å². The molecule has 0 aliphatic carbocycles. The van der Waals surface area contributed by atoms with E-state index in [-0.39, 0.29) is 24.4 Å². The highest BCUT2D eigenvalue weighted by Crippen LogP contribution is 2.10. The zero-order valence-corrected chi connectivity index (χ0v) is 11.1. The Morgan fingerprint density at radius 3 is 3.00 bits per heavy atom. The van der Waals surface area contributed by atoms with E-state index in [0.717, 1.165) is 25.8 Å². The van der Waals surface area contributed by atoms with Gasteiger partial charge in [0.1, 0.15) is 0 Å². The third-order valence-corrected chi connectivity index (χ3v) is 2.73. The SMILES string of the molecule is C=CCOCCCC(=O)N1CCCC(N)C1.Cl. The molecule has 1 amide bonds. The van der Waals surface area contributed by atoms with E-state index in [2.05, 4.69) is 6.58 Å². The van der Waals surface area contributed by atoms with Gasteiger partial charge in [0.2, 0.25) is 5.91 Å². The van der Waals surface area contributed by atoms with Crippen molar-refractivity contribution in [3.05, 3.63) is 12.7 Å². The first kappa shape index (κ1) is 16.4. The van der Waals surface area contributed by atoms with E-state index in [1.54, 1.807) is 6.08 Å². The molecule has 1 atom stereocenters. The molecule has 0 aromatic heterocycles. The number of hydrogen-bond acceptors (Lipinski definition) is 3. The number of likely N-dealkylation sites (tertiary alicyclic amines) is 1. The molecule has 1 heterocycles. The van der Waals surface area contributed by atoms with Gasteiger partial charge in [0.15, 0.2) is 0 Å². The second kappa shape index (κ2) is 9.45. The predicted molar refractivity (Wildman–Crippen MR) is 71.3 cm³/mol. The lowest BCUT2D eigenvalue weighted by molar-refractivity contribution is -0.132. The molecule has 0 aromatic rings. The molecule has 0 aromatic carbocycles. The van der Waals surface area contributed by atoms with Crippen molar-refractivity contribution in [2.24, 2.45) is 5.73 Å². The lowest BCUT2D eigenvalue weighted by atomic mass is 10.1. The molecule has 2 N–H and O–H groups in total. The molecular formula is C12H23ClN2O2. The van der Waals surface area contributed by atoms with Gasteiger partial charge < -0.3 is 15.4 Å². The number of piperidine rings is 1. The first-order chi connectivity index (χ1) is 7.74. The molecule has 5 heteroatoms. The van der Waals surface area contributed by atoms with Gasteiger partial charge in [0.05, 0.1) is 6.61 Å². The number of halogens is 1. The van der Waals surface area contributed by atoms with Crippen LogP contribution in [0.3, 0.4) is 0 Å². The van der Waals surface area contributed by atoms with E-state index in [9.17, 15) is 4.79 Å². The third kappa shape index (κ3) is 6.66. The lowest BCUT2D eigenvalue weighted by Gasteiger charge is -2.30. The molecule has 1 aliphatic rings. The van der Waals surface area contributed by atoms with Crippen LogP contribution in [0, 0.1) is 0 Å². The van der Waals surface area contributed by atoms with Crippen LogP contribution < -0.4 is 5.73 Å². The van der Waals surface area contributed by atoms with Crippen LogP contribution in [0.15, 0.2) is 12.7 Å². The van der Waals surface area contributed by atoms with Gasteiger partial charge in [-0.3, -0.25) is 4.79 Å². The Labute approximate surface area is 110 Å². The van der Waals surface area contributed by atoms with E-state index in [0.29, 0.717) is 26.2 Å². The minimum Gasteiger partial charge on any atom is -0.377 e. The fourth-order valence-corrected chi connectivity index (χ4v) is 1.89. The largest absolute Gasteiger partial charge is 0.377 e. The Kier molecular flexibility index (Phi) is 9.13. The van der Waals surface area contributed by atoms with Crippen LogP contribution in [0.4, 0.5) is 0 Å². The number of carbonyl (C=O) groups excluding carboxylic acids is 1. The van der Waals surface area contributed by atoms with E-state index in [1.807, 2.05) is 4.90 Å². The summed E-state index contributed by atoms with van der Waals surface area (Å²) in [5.74, 6) is 0.206. The molecule has 1 unspecified atom stereocenters. The molecule has 100 valence electrons. The van der Waals surface area contributed by atoms with Crippen LogP contribution in [0.1, 0.15) is 25.7 Å². The Morgan fingerprint density at radius 1 is 1.59 bits per heavy atom. The molecule has 0 radical (unpaired) electrons. The molecular weight excluding hydrogens is 240 g/mol. The first-order valence-corrected chi connectivity index (χ1v) is 5.96. The fraction of sp³-hybridized carbons (Fsp3) is 0.750. The van der Waals surface area contributed by atoms with Crippen molar-refractivity contribution in [2.45, 2.75) is 31.7 Å². The molecule has 0 bridgehead atoms. The zero-order chi connectivity index (χ0) is 11.8. The number of carbonyl (C=O) groups is 1. The molecule has 4 nitrogen and oxygen atoms in total. The Hall–Kier alpha value is -0.580. The monoisotopic (exact) mass is 262 g/mol. The highest BCUT2D eigenvalue weighted by atomic mass is 35.5. The van der Waals surface area contributed by atoms with Gasteiger partial charge in [-0.25, -0.2) is 0 Å². The van der Waals surface area contributed by atoms with Gasteiger partial charge in [-0.15, -0.1) is 19.0 Å². The number of hydrogen-bond donors (Lipinski definition) is 1. The molecule has 1 aliphatic heterocycles. The summed E-state index contributed by atoms with van der Waals surface area (Å²) >= 11 is 0. The Morgan fingerprint density at radius 2 is 2.35 bits per heavy atom. The molecule has 17 heavy (non-hydrogen) atoms. The highest BCUT2D eigenvalue weighted by Gasteiger charge is 2.20. The van der Waals surface area contributed by atoms with Crippen LogP contribution in [-0.4, -0.2) is 43.2 Å². The number of amides is 1. The van der Waals surface area contributed by atoms with Gasteiger partial charge in [0.25, 0.3) is 0 Å². The van der Waals surface area contributed by atoms with Crippen molar-refractivity contribution in [1.29, 1.82) is 0 Å². The fourth-order valence-electron chi connectivity index (χ4n) is 1.89. The molecule has 1 fully saturated rings. The maximum absolute atomic E-state index is 11.8. The minimum absolute atomic E-state index is 0. The molecule has 0 spiro atoms. The maximum atomic E-state index is 11.8. The van der Waals surface area contributed by atoms with E-state index in [4.69, 9.17) is 10.5 Å². The summed E-state index contributed by atoms with van der Waals surface area (Å²) < 4.78 is 5.23.